The summed E-state index contributed by atoms with van der Waals surface area (Å²) in [5.41, 5.74) is 0.898. The molecule has 0 radical (unpaired) electrons. The molecule has 2 N–H and O–H groups in total. The number of piperidine rings is 1. The monoisotopic (exact) mass is 377 g/mol. The van der Waals surface area contributed by atoms with Crippen molar-refractivity contribution in [2.24, 2.45) is 11.8 Å². The lowest BCUT2D eigenvalue weighted by molar-refractivity contribution is -0.127. The summed E-state index contributed by atoms with van der Waals surface area (Å²) >= 11 is 0. The SMILES string of the molecule is CC(C(=O)NC1CCCN(c2cccc(F)c2)C1)C1CNC1.Cl.Cl. The number of nitrogens with one attached hydrogen (secondary N) is 2. The van der Waals surface area contributed by atoms with E-state index in [9.17, 15) is 9.18 Å². The standard InChI is InChI=1S/C17H24FN3O.2ClH/c1-12(13-9-19-10-13)17(22)20-15-5-3-7-21(11-15)16-6-2-4-14(18)8-16;;/h2,4,6,8,12-13,15,19H,3,5,7,9-11H2,1H3,(H,20,22);2*1H. The van der Waals surface area contributed by atoms with Gasteiger partial charge in [0.1, 0.15) is 5.82 Å². The molecule has 0 bridgehead atoms. The number of amides is 1. The summed E-state index contributed by atoms with van der Waals surface area (Å²) in [4.78, 5) is 14.5. The molecule has 24 heavy (non-hydrogen) atoms. The first-order valence-corrected chi connectivity index (χ1v) is 8.15. The maximum atomic E-state index is 13.4. The zero-order valence-electron chi connectivity index (χ0n) is 13.8. The van der Waals surface area contributed by atoms with E-state index in [2.05, 4.69) is 15.5 Å². The van der Waals surface area contributed by atoms with Gasteiger partial charge in [0, 0.05) is 30.7 Å². The second kappa shape index (κ2) is 9.44. The van der Waals surface area contributed by atoms with Crippen LogP contribution in [-0.4, -0.2) is 38.1 Å². The molecule has 0 aliphatic carbocycles. The van der Waals surface area contributed by atoms with Gasteiger partial charge in [-0.05, 0) is 50.0 Å². The van der Waals surface area contributed by atoms with Gasteiger partial charge in [0.15, 0.2) is 0 Å². The Morgan fingerprint density at radius 1 is 1.38 bits per heavy atom. The number of hydrogen-bond acceptors (Lipinski definition) is 3. The lowest BCUT2D eigenvalue weighted by Crippen LogP contribution is -2.53. The highest BCUT2D eigenvalue weighted by molar-refractivity contribution is 5.85. The number of carbonyl (C=O) groups excluding carboxylic acids is 1. The summed E-state index contributed by atoms with van der Waals surface area (Å²) in [6.45, 7) is 5.56. The van der Waals surface area contributed by atoms with Crippen LogP contribution in [0.5, 0.6) is 0 Å². The lowest BCUT2D eigenvalue weighted by atomic mass is 9.88. The van der Waals surface area contributed by atoms with Gasteiger partial charge < -0.3 is 15.5 Å². The first-order valence-electron chi connectivity index (χ1n) is 8.15. The Morgan fingerprint density at radius 3 is 2.75 bits per heavy atom. The van der Waals surface area contributed by atoms with Crippen LogP contribution in [0.15, 0.2) is 24.3 Å². The highest BCUT2D eigenvalue weighted by Crippen LogP contribution is 2.22. The molecule has 0 spiro atoms. The molecule has 2 aliphatic rings. The Morgan fingerprint density at radius 2 is 2.12 bits per heavy atom. The molecule has 4 nitrogen and oxygen atoms in total. The van der Waals surface area contributed by atoms with Crippen molar-refractivity contribution in [2.45, 2.75) is 25.8 Å². The van der Waals surface area contributed by atoms with Crippen LogP contribution in [0, 0.1) is 17.7 Å². The first-order chi connectivity index (χ1) is 10.6. The van der Waals surface area contributed by atoms with E-state index in [1.54, 1.807) is 12.1 Å². The van der Waals surface area contributed by atoms with Crippen molar-refractivity contribution in [1.29, 1.82) is 0 Å². The topological polar surface area (TPSA) is 44.4 Å². The third-order valence-corrected chi connectivity index (χ3v) is 4.87. The Kier molecular flexibility index (Phi) is 8.27. The number of anilines is 1. The van der Waals surface area contributed by atoms with Gasteiger partial charge in [0.25, 0.3) is 0 Å². The highest BCUT2D eigenvalue weighted by atomic mass is 35.5. The number of benzene rings is 1. The molecule has 1 aromatic carbocycles. The van der Waals surface area contributed by atoms with Gasteiger partial charge in [-0.15, -0.1) is 24.8 Å². The van der Waals surface area contributed by atoms with E-state index >= 15 is 0 Å². The van der Waals surface area contributed by atoms with Gasteiger partial charge in [-0.2, -0.15) is 0 Å². The average Bonchev–Trinajstić information content (AvgIpc) is 2.45. The van der Waals surface area contributed by atoms with E-state index in [-0.39, 0.29) is 48.5 Å². The van der Waals surface area contributed by atoms with Crippen LogP contribution in [0.3, 0.4) is 0 Å². The Hall–Kier alpha value is -1.04. The number of nitrogens with zero attached hydrogens (tertiary/aromatic N) is 1. The molecule has 2 atom stereocenters. The van der Waals surface area contributed by atoms with Crippen molar-refractivity contribution in [3.8, 4) is 0 Å². The predicted octanol–water partition coefficient (Wildman–Crippen LogP) is 2.61. The minimum atomic E-state index is -0.213. The molecule has 2 unspecified atom stereocenters. The largest absolute Gasteiger partial charge is 0.369 e. The summed E-state index contributed by atoms with van der Waals surface area (Å²) in [7, 11) is 0. The Balaban J connectivity index is 0.00000144. The Bertz CT molecular complexity index is 542. The molecule has 3 rings (SSSR count). The summed E-state index contributed by atoms with van der Waals surface area (Å²) in [5, 5.41) is 6.39. The highest BCUT2D eigenvalue weighted by Gasteiger charge is 2.30. The van der Waals surface area contributed by atoms with Gasteiger partial charge in [-0.3, -0.25) is 4.79 Å². The summed E-state index contributed by atoms with van der Waals surface area (Å²) in [5.74, 6) is 0.459. The Labute approximate surface area is 155 Å². The summed E-state index contributed by atoms with van der Waals surface area (Å²) in [6, 6.07) is 6.84. The number of hydrogen-bond donors (Lipinski definition) is 2. The van der Waals surface area contributed by atoms with E-state index in [1.165, 1.54) is 6.07 Å². The number of carbonyl (C=O) groups is 1. The van der Waals surface area contributed by atoms with E-state index in [4.69, 9.17) is 0 Å². The molecule has 2 saturated heterocycles. The molecule has 2 aliphatic heterocycles. The van der Waals surface area contributed by atoms with Crippen LogP contribution in [0.2, 0.25) is 0 Å². The second-order valence-electron chi connectivity index (χ2n) is 6.48. The zero-order chi connectivity index (χ0) is 15.5. The quantitative estimate of drug-likeness (QED) is 0.847. The van der Waals surface area contributed by atoms with Crippen molar-refractivity contribution < 1.29 is 9.18 Å². The van der Waals surface area contributed by atoms with E-state index in [0.717, 1.165) is 44.7 Å². The average molecular weight is 378 g/mol. The molecular weight excluding hydrogens is 352 g/mol. The minimum absolute atomic E-state index is 0. The van der Waals surface area contributed by atoms with Crippen LogP contribution in [0.25, 0.3) is 0 Å². The summed E-state index contributed by atoms with van der Waals surface area (Å²) in [6.07, 6.45) is 2.01. The molecule has 1 amide bonds. The van der Waals surface area contributed by atoms with E-state index < -0.39 is 0 Å². The third kappa shape index (κ3) is 4.98. The maximum Gasteiger partial charge on any atom is 0.223 e. The van der Waals surface area contributed by atoms with Crippen LogP contribution in [-0.2, 0) is 4.79 Å². The van der Waals surface area contributed by atoms with Gasteiger partial charge in [0.2, 0.25) is 5.91 Å². The van der Waals surface area contributed by atoms with Gasteiger partial charge >= 0.3 is 0 Å². The molecular formula is C17H26Cl2FN3O. The second-order valence-corrected chi connectivity index (χ2v) is 6.48. The molecule has 1 aromatic rings. The van der Waals surface area contributed by atoms with E-state index in [0.29, 0.717) is 5.92 Å². The van der Waals surface area contributed by atoms with Crippen LogP contribution < -0.4 is 15.5 Å². The normalized spacial score (nSPS) is 21.8. The first kappa shape index (κ1) is 21.0. The van der Waals surface area contributed by atoms with Crippen LogP contribution in [0.1, 0.15) is 19.8 Å². The molecule has 7 heteroatoms. The molecule has 2 heterocycles. The van der Waals surface area contributed by atoms with Crippen LogP contribution in [0.4, 0.5) is 10.1 Å². The van der Waals surface area contributed by atoms with Gasteiger partial charge in [0.05, 0.1) is 0 Å². The zero-order valence-corrected chi connectivity index (χ0v) is 15.5. The smallest absolute Gasteiger partial charge is 0.223 e. The molecule has 136 valence electrons. The molecule has 2 fully saturated rings. The molecule has 0 aromatic heterocycles. The fraction of sp³-hybridized carbons (Fsp3) is 0.588. The molecule has 0 saturated carbocycles. The minimum Gasteiger partial charge on any atom is -0.369 e. The number of rotatable bonds is 4. The van der Waals surface area contributed by atoms with Gasteiger partial charge in [-0.1, -0.05) is 13.0 Å². The van der Waals surface area contributed by atoms with E-state index in [1.807, 2.05) is 13.0 Å². The third-order valence-electron chi connectivity index (χ3n) is 4.87. The fourth-order valence-electron chi connectivity index (χ4n) is 3.21. The van der Waals surface area contributed by atoms with Crippen molar-refractivity contribution >= 4 is 36.4 Å². The lowest BCUT2D eigenvalue weighted by Gasteiger charge is -2.37. The summed E-state index contributed by atoms with van der Waals surface area (Å²) < 4.78 is 13.4. The fourth-order valence-corrected chi connectivity index (χ4v) is 3.21. The van der Waals surface area contributed by atoms with Crippen molar-refractivity contribution in [2.75, 3.05) is 31.1 Å². The van der Waals surface area contributed by atoms with Crippen LogP contribution >= 0.6 is 24.8 Å². The van der Waals surface area contributed by atoms with Crippen molar-refractivity contribution in [1.82, 2.24) is 10.6 Å². The van der Waals surface area contributed by atoms with Gasteiger partial charge in [-0.25, -0.2) is 4.39 Å². The maximum absolute atomic E-state index is 13.4. The van der Waals surface area contributed by atoms with Crippen molar-refractivity contribution in [3.63, 3.8) is 0 Å². The van der Waals surface area contributed by atoms with Crippen molar-refractivity contribution in [3.05, 3.63) is 30.1 Å². The number of halogens is 3. The predicted molar refractivity (Wildman–Crippen MR) is 99.8 cm³/mol.